The molecule has 0 atom stereocenters. The average Bonchev–Trinajstić information content (AvgIpc) is 2.97. The van der Waals surface area contributed by atoms with Crippen LogP contribution in [0, 0.1) is 0 Å². The molecule has 5 aromatic rings. The van der Waals surface area contributed by atoms with Gasteiger partial charge in [-0.15, -0.1) is 26.4 Å². The molecule has 0 saturated carbocycles. The van der Waals surface area contributed by atoms with Crippen LogP contribution in [0.15, 0.2) is 129 Å². The van der Waals surface area contributed by atoms with Crippen LogP contribution in [0.4, 0.5) is 0 Å². The van der Waals surface area contributed by atoms with Crippen LogP contribution >= 0.6 is 10.0 Å². The van der Waals surface area contributed by atoms with Crippen LogP contribution in [0.2, 0.25) is 0 Å². The SMILES string of the molecule is [B]c1c([B])c([B])c(-c2cccc(S(c3ccccc3)(c3ccccc3)c3cccc(B(O)O)c3)c2)c([B])c1[B]. The summed E-state index contributed by atoms with van der Waals surface area (Å²) in [6.07, 6.45) is 0. The van der Waals surface area contributed by atoms with E-state index in [0.29, 0.717) is 11.0 Å². The van der Waals surface area contributed by atoms with E-state index in [4.69, 9.17) is 39.2 Å². The van der Waals surface area contributed by atoms with Crippen molar-refractivity contribution in [2.24, 2.45) is 0 Å². The molecule has 39 heavy (non-hydrogen) atoms. The molecule has 0 fully saturated rings. The molecule has 5 rings (SSSR count). The Balaban J connectivity index is 1.89. The van der Waals surface area contributed by atoms with E-state index in [0.717, 1.165) is 25.1 Å². The van der Waals surface area contributed by atoms with E-state index < -0.39 is 17.1 Å². The number of rotatable bonds is 6. The molecule has 0 aromatic heterocycles. The van der Waals surface area contributed by atoms with Gasteiger partial charge in [-0.1, -0.05) is 71.6 Å². The highest BCUT2D eigenvalue weighted by Gasteiger charge is 2.34. The van der Waals surface area contributed by atoms with Crippen molar-refractivity contribution < 1.29 is 10.0 Å². The Bertz CT molecular complexity index is 1580. The fourth-order valence-electron chi connectivity index (χ4n) is 4.93. The molecule has 0 aliphatic heterocycles. The van der Waals surface area contributed by atoms with E-state index in [1.807, 2.05) is 66.7 Å². The Labute approximate surface area is 238 Å². The molecule has 0 saturated heterocycles. The Hall–Kier alpha value is -3.24. The zero-order valence-corrected chi connectivity index (χ0v) is 22.0. The Kier molecular flexibility index (Phi) is 7.77. The van der Waals surface area contributed by atoms with Gasteiger partial charge in [0.25, 0.3) is 0 Å². The van der Waals surface area contributed by atoms with E-state index in [2.05, 4.69) is 36.4 Å². The van der Waals surface area contributed by atoms with Gasteiger partial charge < -0.3 is 10.0 Å². The summed E-state index contributed by atoms with van der Waals surface area (Å²) in [5.74, 6) is 0. The van der Waals surface area contributed by atoms with Crippen LogP contribution in [-0.4, -0.2) is 56.4 Å². The molecule has 0 unspecified atom stereocenters. The van der Waals surface area contributed by atoms with Crippen LogP contribution in [0.25, 0.3) is 11.1 Å². The first-order valence-corrected chi connectivity index (χ1v) is 13.9. The Morgan fingerprint density at radius 2 is 0.897 bits per heavy atom. The first-order chi connectivity index (χ1) is 18.8. The molecule has 10 radical (unpaired) electrons. The smallest absolute Gasteiger partial charge is 0.423 e. The zero-order valence-electron chi connectivity index (χ0n) is 21.2. The molecule has 0 bridgehead atoms. The van der Waals surface area contributed by atoms with Crippen LogP contribution in [0.5, 0.6) is 0 Å². The topological polar surface area (TPSA) is 40.5 Å². The zero-order chi connectivity index (χ0) is 27.7. The van der Waals surface area contributed by atoms with Crippen molar-refractivity contribution >= 4 is 89.2 Å². The van der Waals surface area contributed by atoms with Crippen molar-refractivity contribution in [1.82, 2.24) is 0 Å². The highest BCUT2D eigenvalue weighted by Crippen LogP contribution is 2.73. The second kappa shape index (κ2) is 11.1. The second-order valence-electron chi connectivity index (χ2n) is 9.16. The van der Waals surface area contributed by atoms with Gasteiger partial charge in [0.15, 0.2) is 0 Å². The third kappa shape index (κ3) is 4.74. The van der Waals surface area contributed by atoms with E-state index in [-0.39, 0.29) is 27.3 Å². The van der Waals surface area contributed by atoms with Gasteiger partial charge in [0, 0.05) is 19.6 Å². The quantitative estimate of drug-likeness (QED) is 0.325. The van der Waals surface area contributed by atoms with Gasteiger partial charge in [-0.3, -0.25) is 0 Å². The molecular weight excluding hydrogens is 489 g/mol. The van der Waals surface area contributed by atoms with Crippen molar-refractivity contribution in [1.29, 1.82) is 0 Å². The van der Waals surface area contributed by atoms with Crippen molar-refractivity contribution in [3.05, 3.63) is 109 Å². The molecule has 5 aromatic carbocycles. The first-order valence-electron chi connectivity index (χ1n) is 12.3. The normalized spacial score (nSPS) is 11.7. The fourth-order valence-corrected chi connectivity index (χ4v) is 8.88. The van der Waals surface area contributed by atoms with Crippen molar-refractivity contribution in [3.8, 4) is 11.1 Å². The average molecular weight is 509 g/mol. The second-order valence-corrected chi connectivity index (χ2v) is 12.3. The lowest BCUT2D eigenvalue weighted by Crippen LogP contribution is -2.55. The van der Waals surface area contributed by atoms with Crippen LogP contribution in [0.1, 0.15) is 0 Å². The summed E-state index contributed by atoms with van der Waals surface area (Å²) < 4.78 is 0. The van der Waals surface area contributed by atoms with E-state index in [1.54, 1.807) is 6.07 Å². The highest BCUT2D eigenvalue weighted by molar-refractivity contribution is 8.34. The summed E-state index contributed by atoms with van der Waals surface area (Å²) in [5.41, 5.74) is 2.74. The minimum Gasteiger partial charge on any atom is -0.423 e. The molecular formula is C30H20B6O2S. The third-order valence-corrected chi connectivity index (χ3v) is 10.8. The molecule has 176 valence electrons. The Morgan fingerprint density at radius 3 is 1.41 bits per heavy atom. The summed E-state index contributed by atoms with van der Waals surface area (Å²) in [7, 11) is 27.6. The standard InChI is InChI=1S/C30H20B6O2S/c31-26-25(27(32)29(34)30(35)28(26)33)19-9-7-15-23(17-19)39(21-11-3-1-4-12-21,22-13-5-2-6-14-22)24-16-8-10-20(18-24)36(37)38/h1-18,37-38H. The molecule has 0 spiro atoms. The predicted octanol–water partition coefficient (Wildman–Crippen LogP) is 0.343. The van der Waals surface area contributed by atoms with Gasteiger partial charge in [-0.25, -0.2) is 0 Å². The highest BCUT2D eigenvalue weighted by atomic mass is 32.3. The van der Waals surface area contributed by atoms with Gasteiger partial charge in [0.1, 0.15) is 39.2 Å². The molecule has 0 amide bonds. The monoisotopic (exact) mass is 510 g/mol. The maximum Gasteiger partial charge on any atom is 0.488 e. The molecule has 2 nitrogen and oxygen atoms in total. The van der Waals surface area contributed by atoms with Gasteiger partial charge in [-0.05, 0) is 65.1 Å². The van der Waals surface area contributed by atoms with Crippen molar-refractivity contribution in [3.63, 3.8) is 0 Å². The summed E-state index contributed by atoms with van der Waals surface area (Å²) in [4.78, 5) is 4.04. The van der Waals surface area contributed by atoms with E-state index in [1.165, 1.54) is 0 Å². The summed E-state index contributed by atoms with van der Waals surface area (Å²) >= 11 is 0. The maximum atomic E-state index is 10.1. The predicted molar refractivity (Wildman–Crippen MR) is 169 cm³/mol. The van der Waals surface area contributed by atoms with Gasteiger partial charge in [0.2, 0.25) is 0 Å². The minimum absolute atomic E-state index is 0.165. The van der Waals surface area contributed by atoms with Crippen molar-refractivity contribution in [2.45, 2.75) is 19.6 Å². The molecule has 9 heteroatoms. The summed E-state index contributed by atoms with van der Waals surface area (Å²) in [5, 5.41) is 20.1. The molecule has 0 aliphatic carbocycles. The van der Waals surface area contributed by atoms with E-state index in [9.17, 15) is 10.0 Å². The molecule has 0 aliphatic rings. The molecule has 2 N–H and O–H groups in total. The first kappa shape index (κ1) is 27.3. The van der Waals surface area contributed by atoms with Gasteiger partial charge in [-0.2, -0.15) is 0 Å². The van der Waals surface area contributed by atoms with Crippen molar-refractivity contribution in [2.75, 3.05) is 0 Å². The van der Waals surface area contributed by atoms with Crippen LogP contribution < -0.4 is 32.8 Å². The van der Waals surface area contributed by atoms with Gasteiger partial charge in [0.05, 0.1) is 0 Å². The van der Waals surface area contributed by atoms with Crippen LogP contribution in [-0.2, 0) is 0 Å². The van der Waals surface area contributed by atoms with E-state index >= 15 is 0 Å². The third-order valence-electron chi connectivity index (χ3n) is 6.88. The lowest BCUT2D eigenvalue weighted by Gasteiger charge is -2.42. The summed E-state index contributed by atoms with van der Waals surface area (Å²) in [6, 6.07) is 35.8. The van der Waals surface area contributed by atoms with Crippen LogP contribution in [0.3, 0.4) is 0 Å². The van der Waals surface area contributed by atoms with Gasteiger partial charge >= 0.3 is 7.12 Å². The number of benzene rings is 5. The lowest BCUT2D eigenvalue weighted by molar-refractivity contribution is 0.425. The largest absolute Gasteiger partial charge is 0.488 e. The fraction of sp³-hybridized carbons (Fsp3) is 0. The summed E-state index contributed by atoms with van der Waals surface area (Å²) in [6.45, 7) is 0. The minimum atomic E-state index is -2.14. The lowest BCUT2D eigenvalue weighted by atomic mass is 9.60. The maximum absolute atomic E-state index is 10.1. The Morgan fingerprint density at radius 1 is 0.462 bits per heavy atom. The number of hydrogen-bond acceptors (Lipinski definition) is 2. The number of hydrogen-bond donors (Lipinski definition) is 2. The molecule has 0 heterocycles.